The molecule has 0 bridgehead atoms. The third-order valence-corrected chi connectivity index (χ3v) is 7.05. The Morgan fingerprint density at radius 1 is 1.07 bits per heavy atom. The highest BCUT2D eigenvalue weighted by Gasteiger charge is 2.23. The molecule has 0 saturated carbocycles. The van der Waals surface area contributed by atoms with E-state index in [-0.39, 0.29) is 5.91 Å². The molecule has 144 valence electrons. The molecule has 0 spiro atoms. The summed E-state index contributed by atoms with van der Waals surface area (Å²) in [6.45, 7) is 11.8. The van der Waals surface area contributed by atoms with Crippen molar-refractivity contribution in [2.24, 2.45) is 0 Å². The van der Waals surface area contributed by atoms with Gasteiger partial charge in [0, 0.05) is 13.1 Å². The van der Waals surface area contributed by atoms with Gasteiger partial charge in [0.05, 0.1) is 19.4 Å². The van der Waals surface area contributed by atoms with E-state index in [1.54, 1.807) is 28.4 Å². The lowest BCUT2D eigenvalue weighted by molar-refractivity contribution is 0.0987. The number of thiophene rings is 1. The van der Waals surface area contributed by atoms with E-state index < -0.39 is 0 Å². The summed E-state index contributed by atoms with van der Waals surface area (Å²) in [6.07, 6.45) is 0. The van der Waals surface area contributed by atoms with Gasteiger partial charge in [-0.25, -0.2) is 4.98 Å². The number of anilines is 1. The summed E-state index contributed by atoms with van der Waals surface area (Å²) in [5, 5.41) is 0.747. The highest BCUT2D eigenvalue weighted by molar-refractivity contribution is 7.22. The monoisotopic (exact) mass is 421 g/mol. The molecule has 0 atom stereocenters. The lowest BCUT2D eigenvalue weighted by Gasteiger charge is -2.24. The predicted molar refractivity (Wildman–Crippen MR) is 118 cm³/mol. The van der Waals surface area contributed by atoms with E-state index in [1.165, 1.54) is 22.5 Å². The van der Waals surface area contributed by atoms with Gasteiger partial charge in [0.1, 0.15) is 0 Å². The van der Waals surface area contributed by atoms with Crippen molar-refractivity contribution in [3.8, 4) is 0 Å². The quantitative estimate of drug-likeness (QED) is 0.497. The summed E-state index contributed by atoms with van der Waals surface area (Å²) >= 11 is 8.94. The molecule has 1 aromatic carbocycles. The first-order chi connectivity index (χ1) is 12.9. The molecule has 0 fully saturated rings. The van der Waals surface area contributed by atoms with E-state index in [4.69, 9.17) is 16.6 Å². The Morgan fingerprint density at radius 3 is 2.41 bits per heavy atom. The fraction of sp³-hybridized carbons (Fsp3) is 0.400. The van der Waals surface area contributed by atoms with Crippen LogP contribution in [-0.2, 0) is 0 Å². The number of carbonyl (C=O) groups excluding carboxylic acids is 1. The summed E-state index contributed by atoms with van der Waals surface area (Å²) in [7, 11) is 0. The average molecular weight is 422 g/mol. The van der Waals surface area contributed by atoms with Crippen LogP contribution < -0.4 is 4.90 Å². The molecule has 0 aliphatic rings. The molecule has 0 N–H and O–H groups in total. The molecule has 3 aromatic rings. The van der Waals surface area contributed by atoms with E-state index >= 15 is 0 Å². The third kappa shape index (κ3) is 4.51. The van der Waals surface area contributed by atoms with Crippen molar-refractivity contribution in [3.05, 3.63) is 44.6 Å². The number of hydrogen-bond acceptors (Lipinski definition) is 5. The maximum Gasteiger partial charge on any atom is 0.270 e. The van der Waals surface area contributed by atoms with Crippen molar-refractivity contribution in [2.75, 3.05) is 31.1 Å². The van der Waals surface area contributed by atoms with Crippen molar-refractivity contribution in [1.29, 1.82) is 0 Å². The second kappa shape index (κ2) is 8.69. The molecule has 2 heterocycles. The molecule has 7 heteroatoms. The van der Waals surface area contributed by atoms with Crippen molar-refractivity contribution < 1.29 is 4.79 Å². The minimum Gasteiger partial charge on any atom is -0.302 e. The molecule has 1 amide bonds. The molecule has 0 radical (unpaired) electrons. The van der Waals surface area contributed by atoms with Crippen LogP contribution in [0, 0.1) is 13.8 Å². The number of halogens is 1. The number of fused-ring (bicyclic) bond motifs is 1. The highest BCUT2D eigenvalue weighted by atomic mass is 35.5. The van der Waals surface area contributed by atoms with Crippen LogP contribution >= 0.6 is 34.3 Å². The average Bonchev–Trinajstić information content (AvgIpc) is 3.25. The van der Waals surface area contributed by atoms with E-state index in [9.17, 15) is 4.79 Å². The highest BCUT2D eigenvalue weighted by Crippen LogP contribution is 2.32. The Morgan fingerprint density at radius 2 is 1.78 bits per heavy atom. The first-order valence-corrected chi connectivity index (χ1v) is 11.1. The Balaban J connectivity index is 1.96. The van der Waals surface area contributed by atoms with Crippen molar-refractivity contribution >= 4 is 55.5 Å². The van der Waals surface area contributed by atoms with Gasteiger partial charge in [0.25, 0.3) is 5.91 Å². The molecule has 2 aromatic heterocycles. The van der Waals surface area contributed by atoms with Crippen LogP contribution in [0.3, 0.4) is 0 Å². The maximum atomic E-state index is 13.2. The van der Waals surface area contributed by atoms with Gasteiger partial charge >= 0.3 is 0 Å². The molecule has 4 nitrogen and oxygen atoms in total. The van der Waals surface area contributed by atoms with Gasteiger partial charge in [-0.3, -0.25) is 9.69 Å². The first kappa shape index (κ1) is 20.3. The number of rotatable bonds is 7. The van der Waals surface area contributed by atoms with E-state index in [0.29, 0.717) is 15.8 Å². The number of thiazole rings is 1. The number of aromatic nitrogens is 1. The standard InChI is InChI=1S/C20H24ClN3OS2/c1-5-23(6-2)9-10-24(19(25)16-7-8-18(21)26-16)20-22-15-11-13(3)14(4)12-17(15)27-20/h7-8,11-12H,5-6,9-10H2,1-4H3. The van der Waals surface area contributed by atoms with Gasteiger partial charge in [-0.1, -0.05) is 36.8 Å². The molecule has 0 aliphatic carbocycles. The first-order valence-electron chi connectivity index (χ1n) is 9.10. The van der Waals surface area contributed by atoms with Crippen LogP contribution in [0.25, 0.3) is 10.2 Å². The predicted octanol–water partition coefficient (Wildman–Crippen LogP) is 5.62. The van der Waals surface area contributed by atoms with Gasteiger partial charge in [0.2, 0.25) is 0 Å². The van der Waals surface area contributed by atoms with E-state index in [1.807, 2.05) is 0 Å². The normalized spacial score (nSPS) is 11.5. The minimum atomic E-state index is -0.0356. The fourth-order valence-electron chi connectivity index (χ4n) is 2.91. The molecule has 0 unspecified atom stereocenters. The van der Waals surface area contributed by atoms with Crippen LogP contribution in [0.2, 0.25) is 4.34 Å². The summed E-state index contributed by atoms with van der Waals surface area (Å²) in [5.74, 6) is -0.0356. The zero-order chi connectivity index (χ0) is 19.6. The topological polar surface area (TPSA) is 36.4 Å². The molecule has 3 rings (SSSR count). The summed E-state index contributed by atoms with van der Waals surface area (Å²) < 4.78 is 1.73. The Labute approximate surface area is 173 Å². The number of likely N-dealkylation sites (N-methyl/N-ethyl adjacent to an activating group) is 1. The molecule has 0 aliphatic heterocycles. The van der Waals surface area contributed by atoms with Gasteiger partial charge in [-0.15, -0.1) is 11.3 Å². The van der Waals surface area contributed by atoms with Crippen LogP contribution in [0.15, 0.2) is 24.3 Å². The van der Waals surface area contributed by atoms with Crippen molar-refractivity contribution in [1.82, 2.24) is 9.88 Å². The van der Waals surface area contributed by atoms with Gasteiger partial charge in [-0.05, 0) is 62.3 Å². The lowest BCUT2D eigenvalue weighted by Crippen LogP contribution is -2.38. The zero-order valence-electron chi connectivity index (χ0n) is 16.1. The van der Waals surface area contributed by atoms with Crippen LogP contribution in [0.5, 0.6) is 0 Å². The van der Waals surface area contributed by atoms with Gasteiger partial charge in [0.15, 0.2) is 5.13 Å². The van der Waals surface area contributed by atoms with Gasteiger partial charge < -0.3 is 4.90 Å². The van der Waals surface area contributed by atoms with E-state index in [0.717, 1.165) is 35.0 Å². The Bertz CT molecular complexity index is 907. The van der Waals surface area contributed by atoms with E-state index in [2.05, 4.69) is 44.7 Å². The number of amides is 1. The number of nitrogens with zero attached hydrogens (tertiary/aromatic N) is 3. The van der Waals surface area contributed by atoms with Crippen LogP contribution in [-0.4, -0.2) is 42.0 Å². The number of hydrogen-bond donors (Lipinski definition) is 0. The molecule has 0 saturated heterocycles. The smallest absolute Gasteiger partial charge is 0.270 e. The number of aryl methyl sites for hydroxylation is 2. The van der Waals surface area contributed by atoms with Crippen LogP contribution in [0.1, 0.15) is 34.6 Å². The van der Waals surface area contributed by atoms with Gasteiger partial charge in [-0.2, -0.15) is 0 Å². The summed E-state index contributed by atoms with van der Waals surface area (Å²) in [5.41, 5.74) is 3.40. The largest absolute Gasteiger partial charge is 0.302 e. The van der Waals surface area contributed by atoms with Crippen LogP contribution in [0.4, 0.5) is 5.13 Å². The second-order valence-corrected chi connectivity index (χ2v) is 9.21. The fourth-order valence-corrected chi connectivity index (χ4v) is 4.97. The maximum absolute atomic E-state index is 13.2. The summed E-state index contributed by atoms with van der Waals surface area (Å²) in [6, 6.07) is 7.81. The summed E-state index contributed by atoms with van der Waals surface area (Å²) in [4.78, 5) is 22.7. The zero-order valence-corrected chi connectivity index (χ0v) is 18.5. The van der Waals surface area contributed by atoms with Crippen molar-refractivity contribution in [3.63, 3.8) is 0 Å². The minimum absolute atomic E-state index is 0.0356. The Kier molecular flexibility index (Phi) is 6.52. The molecular formula is C20H24ClN3OS2. The number of carbonyl (C=O) groups is 1. The molecular weight excluding hydrogens is 398 g/mol. The number of benzene rings is 1. The second-order valence-electron chi connectivity index (χ2n) is 6.49. The lowest BCUT2D eigenvalue weighted by atomic mass is 10.1. The van der Waals surface area contributed by atoms with Crippen molar-refractivity contribution in [2.45, 2.75) is 27.7 Å². The Hall–Kier alpha value is -1.47. The third-order valence-electron chi connectivity index (χ3n) is 4.79. The molecule has 27 heavy (non-hydrogen) atoms. The SMILES string of the molecule is CCN(CC)CCN(C(=O)c1ccc(Cl)s1)c1nc2cc(C)c(C)cc2s1.